The number of methoxy groups -OCH3 is 1. The van der Waals surface area contributed by atoms with Crippen LogP contribution >= 0.6 is 11.6 Å². The van der Waals surface area contributed by atoms with E-state index in [-0.39, 0.29) is 16.9 Å². The molecule has 1 N–H and O–H groups in total. The van der Waals surface area contributed by atoms with E-state index in [0.717, 1.165) is 11.1 Å². The Hall–Kier alpha value is -3.57. The molecule has 1 saturated heterocycles. The molecular weight excluding hydrogens is 426 g/mol. The van der Waals surface area contributed by atoms with Crippen LogP contribution in [-0.4, -0.2) is 23.9 Å². The van der Waals surface area contributed by atoms with Crippen LogP contribution in [0.5, 0.6) is 5.75 Å². The zero-order valence-electron chi connectivity index (χ0n) is 17.9. The Morgan fingerprint density at radius 2 is 1.72 bits per heavy atom. The summed E-state index contributed by atoms with van der Waals surface area (Å²) >= 11 is 6.15. The molecule has 1 aliphatic heterocycles. The van der Waals surface area contributed by atoms with E-state index in [1.54, 1.807) is 12.1 Å². The normalized spacial score (nSPS) is 17.6. The number of carbonyl (C=O) groups excluding carboxylic acids is 2. The minimum absolute atomic E-state index is 0.0123. The molecule has 1 amide bonds. The van der Waals surface area contributed by atoms with Gasteiger partial charge in [-0.3, -0.25) is 14.5 Å². The summed E-state index contributed by atoms with van der Waals surface area (Å²) in [5.74, 6) is -1.45. The van der Waals surface area contributed by atoms with Gasteiger partial charge in [0.05, 0.1) is 24.3 Å². The van der Waals surface area contributed by atoms with Crippen LogP contribution in [-0.2, 0) is 9.59 Å². The second-order valence-corrected chi connectivity index (χ2v) is 8.15. The Bertz CT molecular complexity index is 1250. The molecule has 0 bridgehead atoms. The summed E-state index contributed by atoms with van der Waals surface area (Å²) < 4.78 is 5.37. The third-order valence-electron chi connectivity index (χ3n) is 5.59. The van der Waals surface area contributed by atoms with E-state index >= 15 is 0 Å². The molecule has 1 heterocycles. The van der Waals surface area contributed by atoms with E-state index in [9.17, 15) is 14.7 Å². The number of nitrogens with zero attached hydrogens (tertiary/aromatic N) is 1. The van der Waals surface area contributed by atoms with Gasteiger partial charge in [-0.15, -0.1) is 0 Å². The molecule has 6 heteroatoms. The SMILES string of the molecule is COc1ccc(Cl)cc1/C(O)=C1\C(=O)C(=O)N(c2ccc(C)cc2C)C1c1ccccc1. The van der Waals surface area contributed by atoms with Crippen molar-refractivity contribution in [2.75, 3.05) is 12.0 Å². The monoisotopic (exact) mass is 447 g/mol. The molecular formula is C26H22ClNO4. The Balaban J connectivity index is 2.00. The van der Waals surface area contributed by atoms with E-state index in [1.165, 1.54) is 18.1 Å². The highest BCUT2D eigenvalue weighted by atomic mass is 35.5. The molecule has 1 fully saturated rings. The molecule has 5 nitrogen and oxygen atoms in total. The molecule has 162 valence electrons. The number of amides is 1. The maximum absolute atomic E-state index is 13.3. The second-order valence-electron chi connectivity index (χ2n) is 7.71. The molecule has 0 aromatic heterocycles. The van der Waals surface area contributed by atoms with Crippen LogP contribution in [0.2, 0.25) is 5.02 Å². The van der Waals surface area contributed by atoms with Gasteiger partial charge >= 0.3 is 0 Å². The van der Waals surface area contributed by atoms with E-state index in [0.29, 0.717) is 22.0 Å². The van der Waals surface area contributed by atoms with Crippen LogP contribution in [0, 0.1) is 13.8 Å². The first-order valence-corrected chi connectivity index (χ1v) is 10.5. The van der Waals surface area contributed by atoms with Crippen LogP contribution in [0.3, 0.4) is 0 Å². The van der Waals surface area contributed by atoms with Gasteiger partial charge in [0.1, 0.15) is 11.5 Å². The minimum atomic E-state index is -0.804. The van der Waals surface area contributed by atoms with Crippen LogP contribution < -0.4 is 9.64 Å². The van der Waals surface area contributed by atoms with E-state index < -0.39 is 17.7 Å². The number of hydrogen-bond donors (Lipinski definition) is 1. The van der Waals surface area contributed by atoms with Crippen molar-refractivity contribution in [3.63, 3.8) is 0 Å². The van der Waals surface area contributed by atoms with Gasteiger partial charge in [-0.2, -0.15) is 0 Å². The minimum Gasteiger partial charge on any atom is -0.507 e. The van der Waals surface area contributed by atoms with Crippen molar-refractivity contribution in [2.24, 2.45) is 0 Å². The average Bonchev–Trinajstić information content (AvgIpc) is 3.04. The summed E-state index contributed by atoms with van der Waals surface area (Å²) in [4.78, 5) is 28.0. The Labute approximate surface area is 191 Å². The maximum atomic E-state index is 13.3. The van der Waals surface area contributed by atoms with Crippen LogP contribution in [0.4, 0.5) is 5.69 Å². The highest BCUT2D eigenvalue weighted by Gasteiger charge is 2.47. The number of halogens is 1. The number of ketones is 1. The van der Waals surface area contributed by atoms with Crippen LogP contribution in [0.25, 0.3) is 5.76 Å². The topological polar surface area (TPSA) is 66.8 Å². The molecule has 0 saturated carbocycles. The Morgan fingerprint density at radius 3 is 2.38 bits per heavy atom. The van der Waals surface area contributed by atoms with E-state index in [1.807, 2.05) is 62.4 Å². The molecule has 1 aliphatic rings. The third-order valence-corrected chi connectivity index (χ3v) is 5.82. The van der Waals surface area contributed by atoms with Crippen molar-refractivity contribution in [1.29, 1.82) is 0 Å². The maximum Gasteiger partial charge on any atom is 0.300 e. The number of aryl methyl sites for hydroxylation is 2. The van der Waals surface area contributed by atoms with Crippen LogP contribution in [0.15, 0.2) is 72.3 Å². The summed E-state index contributed by atoms with van der Waals surface area (Å²) in [6, 6.07) is 18.8. The fraction of sp³-hybridized carbons (Fsp3) is 0.154. The highest BCUT2D eigenvalue weighted by molar-refractivity contribution is 6.51. The zero-order chi connectivity index (χ0) is 23.0. The number of rotatable bonds is 4. The predicted molar refractivity (Wildman–Crippen MR) is 125 cm³/mol. The summed E-state index contributed by atoms with van der Waals surface area (Å²) in [5.41, 5.74) is 3.45. The number of ether oxygens (including phenoxy) is 1. The summed E-state index contributed by atoms with van der Waals surface area (Å²) in [7, 11) is 1.46. The molecule has 3 aromatic carbocycles. The van der Waals surface area contributed by atoms with Crippen molar-refractivity contribution < 1.29 is 19.4 Å². The number of carbonyl (C=O) groups is 2. The lowest BCUT2D eigenvalue weighted by Crippen LogP contribution is -2.30. The molecule has 0 spiro atoms. The van der Waals surface area contributed by atoms with Gasteiger partial charge < -0.3 is 9.84 Å². The largest absolute Gasteiger partial charge is 0.507 e. The smallest absolute Gasteiger partial charge is 0.300 e. The lowest BCUT2D eigenvalue weighted by atomic mass is 9.94. The Morgan fingerprint density at radius 1 is 1.00 bits per heavy atom. The number of aliphatic hydroxyl groups is 1. The second kappa shape index (κ2) is 8.52. The first-order valence-electron chi connectivity index (χ1n) is 10.1. The van der Waals surface area contributed by atoms with Crippen molar-refractivity contribution in [2.45, 2.75) is 19.9 Å². The summed E-state index contributed by atoms with van der Waals surface area (Å²) in [6.45, 7) is 3.86. The van der Waals surface area contributed by atoms with Gasteiger partial charge in [0.2, 0.25) is 0 Å². The van der Waals surface area contributed by atoms with Gasteiger partial charge in [-0.1, -0.05) is 59.6 Å². The highest BCUT2D eigenvalue weighted by Crippen LogP contribution is 2.44. The lowest BCUT2D eigenvalue weighted by molar-refractivity contribution is -0.132. The molecule has 3 aromatic rings. The van der Waals surface area contributed by atoms with Gasteiger partial charge in [0.15, 0.2) is 0 Å². The first kappa shape index (κ1) is 21.7. The predicted octanol–water partition coefficient (Wildman–Crippen LogP) is 5.59. The zero-order valence-corrected chi connectivity index (χ0v) is 18.7. The molecule has 0 radical (unpaired) electrons. The number of benzene rings is 3. The molecule has 4 rings (SSSR count). The van der Waals surface area contributed by atoms with Gasteiger partial charge in [-0.05, 0) is 49.2 Å². The lowest BCUT2D eigenvalue weighted by Gasteiger charge is -2.27. The number of anilines is 1. The van der Waals surface area contributed by atoms with Gasteiger partial charge in [0.25, 0.3) is 11.7 Å². The van der Waals surface area contributed by atoms with Crippen LogP contribution in [0.1, 0.15) is 28.3 Å². The summed E-state index contributed by atoms with van der Waals surface area (Å²) in [6.07, 6.45) is 0. The van der Waals surface area contributed by atoms with E-state index in [4.69, 9.17) is 16.3 Å². The quantitative estimate of drug-likeness (QED) is 0.321. The fourth-order valence-corrected chi connectivity index (χ4v) is 4.29. The first-order chi connectivity index (χ1) is 15.3. The molecule has 0 aliphatic carbocycles. The number of aliphatic hydroxyl groups excluding tert-OH is 1. The van der Waals surface area contributed by atoms with E-state index in [2.05, 4.69) is 0 Å². The fourth-order valence-electron chi connectivity index (χ4n) is 4.12. The Kier molecular flexibility index (Phi) is 5.76. The van der Waals surface area contributed by atoms with Gasteiger partial charge in [0, 0.05) is 10.7 Å². The van der Waals surface area contributed by atoms with Gasteiger partial charge in [-0.25, -0.2) is 0 Å². The number of Topliss-reactive ketones (excluding diaryl/α,β-unsaturated/α-hetero) is 1. The van der Waals surface area contributed by atoms with Crippen molar-refractivity contribution in [3.05, 3.63) is 99.6 Å². The molecule has 1 unspecified atom stereocenters. The summed E-state index contributed by atoms with van der Waals surface area (Å²) in [5, 5.41) is 11.7. The van der Waals surface area contributed by atoms with Crippen molar-refractivity contribution in [3.8, 4) is 5.75 Å². The standard InChI is InChI=1S/C26H22ClNO4/c1-15-9-11-20(16(2)13-15)28-23(17-7-5-4-6-8-17)22(25(30)26(28)31)24(29)19-14-18(27)10-12-21(19)32-3/h4-14,23,29H,1-3H3/b24-22+. The van der Waals surface area contributed by atoms with Crippen molar-refractivity contribution in [1.82, 2.24) is 0 Å². The average molecular weight is 448 g/mol. The number of hydrogen-bond acceptors (Lipinski definition) is 4. The molecule has 32 heavy (non-hydrogen) atoms. The van der Waals surface area contributed by atoms with Crippen molar-refractivity contribution >= 4 is 34.7 Å². The molecule has 1 atom stereocenters. The third kappa shape index (κ3) is 3.65.